The Labute approximate surface area is 183 Å². The van der Waals surface area contributed by atoms with E-state index in [0.29, 0.717) is 34.9 Å². The quantitative estimate of drug-likeness (QED) is 0.706. The molecule has 1 atom stereocenters. The van der Waals surface area contributed by atoms with Gasteiger partial charge in [0.2, 0.25) is 0 Å². The maximum Gasteiger partial charge on any atom is 0.270 e. The first kappa shape index (κ1) is 22.7. The van der Waals surface area contributed by atoms with Crippen LogP contribution in [-0.2, 0) is 14.8 Å². The third kappa shape index (κ3) is 4.12. The maximum atomic E-state index is 13.4. The van der Waals surface area contributed by atoms with Crippen LogP contribution in [0.4, 0.5) is 5.69 Å². The molecule has 31 heavy (non-hydrogen) atoms. The zero-order chi connectivity index (χ0) is 22.8. The zero-order valence-corrected chi connectivity index (χ0v) is 19.2. The molecular weight excluding hydrogens is 416 g/mol. The summed E-state index contributed by atoms with van der Waals surface area (Å²) < 4.78 is 38.7. The number of nitrogens with one attached hydrogen (secondary N) is 1. The number of benzene rings is 2. The Balaban J connectivity index is 2.01. The number of carbonyl (C=O) groups is 1. The van der Waals surface area contributed by atoms with E-state index in [1.54, 1.807) is 26.0 Å². The highest BCUT2D eigenvalue weighted by Crippen LogP contribution is 2.44. The van der Waals surface area contributed by atoms with Gasteiger partial charge >= 0.3 is 0 Å². The highest BCUT2D eigenvalue weighted by atomic mass is 32.2. The van der Waals surface area contributed by atoms with E-state index in [1.807, 2.05) is 37.3 Å². The molecule has 0 radical (unpaired) electrons. The third-order valence-corrected chi connectivity index (χ3v) is 7.54. The molecule has 1 heterocycles. The van der Waals surface area contributed by atoms with E-state index in [2.05, 4.69) is 5.32 Å². The predicted molar refractivity (Wildman–Crippen MR) is 122 cm³/mol. The number of anilines is 1. The van der Waals surface area contributed by atoms with E-state index >= 15 is 0 Å². The van der Waals surface area contributed by atoms with Crippen LogP contribution in [0.2, 0.25) is 0 Å². The maximum absolute atomic E-state index is 13.4. The lowest BCUT2D eigenvalue weighted by molar-refractivity contribution is -0.116. The van der Waals surface area contributed by atoms with Crippen molar-refractivity contribution in [1.29, 1.82) is 0 Å². The van der Waals surface area contributed by atoms with Crippen LogP contribution in [0, 0.1) is 0 Å². The van der Waals surface area contributed by atoms with Gasteiger partial charge in [0, 0.05) is 24.7 Å². The second kappa shape index (κ2) is 9.01. The van der Waals surface area contributed by atoms with Crippen LogP contribution in [-0.4, -0.2) is 41.6 Å². The number of rotatable bonds is 7. The lowest BCUT2D eigenvalue weighted by atomic mass is 10.0. The van der Waals surface area contributed by atoms with Crippen molar-refractivity contribution >= 4 is 27.2 Å². The molecule has 1 N–H and O–H groups in total. The summed E-state index contributed by atoms with van der Waals surface area (Å²) in [6, 6.07) is 13.1. The normalized spacial score (nSPS) is 15.8. The Kier molecular flexibility index (Phi) is 6.59. The number of methoxy groups -OCH3 is 2. The van der Waals surface area contributed by atoms with Gasteiger partial charge in [-0.2, -0.15) is 0 Å². The van der Waals surface area contributed by atoms with E-state index < -0.39 is 15.9 Å². The first-order chi connectivity index (χ1) is 14.8. The minimum atomic E-state index is -4.03. The van der Waals surface area contributed by atoms with Crippen LogP contribution >= 0.6 is 0 Å². The number of allylic oxidation sites excluding steroid dienone is 1. The summed E-state index contributed by atoms with van der Waals surface area (Å²) in [7, 11) is -1.02. The largest absolute Gasteiger partial charge is 0.493 e. The number of fused-ring (bicyclic) bond motifs is 1. The fourth-order valence-corrected chi connectivity index (χ4v) is 5.56. The molecular formula is C23H28N2O5S. The molecule has 0 unspecified atom stereocenters. The molecule has 0 aromatic heterocycles. The smallest absolute Gasteiger partial charge is 0.270 e. The van der Waals surface area contributed by atoms with Gasteiger partial charge in [-0.3, -0.25) is 9.10 Å². The molecule has 0 spiro atoms. The summed E-state index contributed by atoms with van der Waals surface area (Å²) in [4.78, 5) is 12.8. The molecule has 7 nitrogen and oxygen atoms in total. The van der Waals surface area contributed by atoms with Crippen molar-refractivity contribution in [2.45, 2.75) is 26.7 Å². The molecule has 2 aromatic carbocycles. The van der Waals surface area contributed by atoms with E-state index in [9.17, 15) is 13.2 Å². The molecule has 0 saturated carbocycles. The summed E-state index contributed by atoms with van der Waals surface area (Å²) in [6.45, 7) is 5.85. The van der Waals surface area contributed by atoms with Gasteiger partial charge in [0.05, 0.1) is 19.9 Å². The SMILES string of the molecule is CCN1c2cc(OC)c(OC)cc2C(C)=C(C(=O)NC[C@H](C)c2ccccc2)S1(=O)=O. The second-order valence-electron chi connectivity index (χ2n) is 7.37. The van der Waals surface area contributed by atoms with Gasteiger partial charge in [-0.15, -0.1) is 0 Å². The Morgan fingerprint density at radius 1 is 1.10 bits per heavy atom. The Morgan fingerprint density at radius 3 is 2.29 bits per heavy atom. The van der Waals surface area contributed by atoms with Crippen molar-refractivity contribution in [3.05, 3.63) is 58.5 Å². The number of ether oxygens (including phenoxy) is 2. The van der Waals surface area contributed by atoms with Gasteiger partial charge in [-0.05, 0) is 37.0 Å². The van der Waals surface area contributed by atoms with Crippen LogP contribution in [0.15, 0.2) is 47.4 Å². The zero-order valence-electron chi connectivity index (χ0n) is 18.4. The lowest BCUT2D eigenvalue weighted by Gasteiger charge is -2.32. The summed E-state index contributed by atoms with van der Waals surface area (Å²) in [5.74, 6) is 0.316. The van der Waals surface area contributed by atoms with Gasteiger partial charge in [0.15, 0.2) is 16.4 Å². The van der Waals surface area contributed by atoms with Crippen molar-refractivity contribution in [3.63, 3.8) is 0 Å². The van der Waals surface area contributed by atoms with E-state index in [1.165, 1.54) is 18.5 Å². The summed E-state index contributed by atoms with van der Waals surface area (Å²) in [5.41, 5.74) is 2.53. The molecule has 8 heteroatoms. The number of hydrogen-bond acceptors (Lipinski definition) is 5. The molecule has 3 rings (SSSR count). The Hall–Kier alpha value is -3.00. The topological polar surface area (TPSA) is 84.9 Å². The second-order valence-corrected chi connectivity index (χ2v) is 9.17. The summed E-state index contributed by atoms with van der Waals surface area (Å²) in [6.07, 6.45) is 0. The molecule has 1 aliphatic rings. The number of nitrogens with zero attached hydrogens (tertiary/aromatic N) is 1. The molecule has 1 aliphatic heterocycles. The molecule has 0 saturated heterocycles. The fourth-order valence-electron chi connectivity index (χ4n) is 3.78. The highest BCUT2D eigenvalue weighted by Gasteiger charge is 2.39. The Bertz CT molecular complexity index is 1110. The minimum absolute atomic E-state index is 0.0382. The van der Waals surface area contributed by atoms with Crippen LogP contribution in [0.5, 0.6) is 11.5 Å². The predicted octanol–water partition coefficient (Wildman–Crippen LogP) is 3.52. The fraction of sp³-hybridized carbons (Fsp3) is 0.348. The van der Waals surface area contributed by atoms with Crippen LogP contribution < -0.4 is 19.1 Å². The van der Waals surface area contributed by atoms with Gasteiger partial charge in [-0.25, -0.2) is 8.42 Å². The van der Waals surface area contributed by atoms with Crippen molar-refractivity contribution in [3.8, 4) is 11.5 Å². The summed E-state index contributed by atoms with van der Waals surface area (Å²) >= 11 is 0. The van der Waals surface area contributed by atoms with Crippen LogP contribution in [0.25, 0.3) is 5.57 Å². The molecule has 0 aliphatic carbocycles. The highest BCUT2D eigenvalue weighted by molar-refractivity contribution is 7.97. The van der Waals surface area contributed by atoms with E-state index in [4.69, 9.17) is 9.47 Å². The van der Waals surface area contributed by atoms with Crippen LogP contribution in [0.1, 0.15) is 37.8 Å². The van der Waals surface area contributed by atoms with Crippen LogP contribution in [0.3, 0.4) is 0 Å². The van der Waals surface area contributed by atoms with Gasteiger partial charge < -0.3 is 14.8 Å². The number of sulfonamides is 1. The molecule has 166 valence electrons. The monoisotopic (exact) mass is 444 g/mol. The Morgan fingerprint density at radius 2 is 1.71 bits per heavy atom. The molecule has 1 amide bonds. The minimum Gasteiger partial charge on any atom is -0.493 e. The van der Waals surface area contributed by atoms with Gasteiger partial charge in [0.25, 0.3) is 15.9 Å². The molecule has 0 fully saturated rings. The molecule has 2 aromatic rings. The lowest BCUT2D eigenvalue weighted by Crippen LogP contribution is -2.41. The van der Waals surface area contributed by atoms with Crippen molar-refractivity contribution in [1.82, 2.24) is 5.32 Å². The van der Waals surface area contributed by atoms with Gasteiger partial charge in [0.1, 0.15) is 0 Å². The van der Waals surface area contributed by atoms with E-state index in [-0.39, 0.29) is 17.4 Å². The average molecular weight is 445 g/mol. The standard InChI is InChI=1S/C23H28N2O5S/c1-6-25-19-13-21(30-5)20(29-4)12-18(19)16(3)22(31(25,27)28)23(26)24-14-15(2)17-10-8-7-9-11-17/h7-13,15H,6,14H2,1-5H3,(H,24,26)/t15-/m0/s1. The first-order valence-corrected chi connectivity index (χ1v) is 11.5. The van der Waals surface area contributed by atoms with Crippen molar-refractivity contribution < 1.29 is 22.7 Å². The summed E-state index contributed by atoms with van der Waals surface area (Å²) in [5, 5.41) is 2.80. The molecule has 0 bridgehead atoms. The number of carbonyl (C=O) groups excluding carboxylic acids is 1. The average Bonchev–Trinajstić information content (AvgIpc) is 2.77. The van der Waals surface area contributed by atoms with Crippen molar-refractivity contribution in [2.75, 3.05) is 31.6 Å². The first-order valence-electron chi connectivity index (χ1n) is 10.1. The van der Waals surface area contributed by atoms with Gasteiger partial charge in [-0.1, -0.05) is 37.3 Å². The number of amides is 1. The third-order valence-electron chi connectivity index (χ3n) is 5.49. The number of hydrogen-bond donors (Lipinski definition) is 1. The van der Waals surface area contributed by atoms with Crippen molar-refractivity contribution in [2.24, 2.45) is 0 Å². The van der Waals surface area contributed by atoms with E-state index in [0.717, 1.165) is 5.56 Å².